The largest absolute Gasteiger partial charge is 0.504 e. The first-order valence-electron chi connectivity index (χ1n) is 11.1. The number of aromatic hydroxyl groups is 2. The maximum atomic E-state index is 13.0. The molecule has 3 atom stereocenters. The van der Waals surface area contributed by atoms with Gasteiger partial charge in [0, 0.05) is 31.1 Å². The smallest absolute Gasteiger partial charge is 0.249 e. The monoisotopic (exact) mass is 487 g/mol. The summed E-state index contributed by atoms with van der Waals surface area (Å²) in [5, 5.41) is 31.6. The molecule has 0 aliphatic carbocycles. The number of aliphatic hydroxyl groups is 1. The van der Waals surface area contributed by atoms with E-state index in [9.17, 15) is 29.7 Å². The number of nitrogens with one attached hydrogen (secondary N) is 1. The fourth-order valence-electron chi connectivity index (χ4n) is 3.82. The highest BCUT2D eigenvalue weighted by atomic mass is 32.2. The Morgan fingerprint density at radius 1 is 1.15 bits per heavy atom. The molecule has 0 spiro atoms. The number of aliphatic hydroxyl groups excluding tert-OH is 1. The van der Waals surface area contributed by atoms with E-state index in [4.69, 9.17) is 0 Å². The van der Waals surface area contributed by atoms with Crippen molar-refractivity contribution >= 4 is 28.7 Å². The van der Waals surface area contributed by atoms with E-state index < -0.39 is 24.1 Å². The van der Waals surface area contributed by atoms with Crippen LogP contribution < -0.4 is 5.32 Å². The molecule has 182 valence electrons. The maximum absolute atomic E-state index is 13.0. The molecule has 1 aliphatic heterocycles. The number of nitrogens with zero attached hydrogens (tertiary/aromatic N) is 2. The zero-order chi connectivity index (χ0) is 24.7. The predicted molar refractivity (Wildman–Crippen MR) is 127 cm³/mol. The summed E-state index contributed by atoms with van der Waals surface area (Å²) in [5.41, 5.74) is 1.54. The van der Waals surface area contributed by atoms with Crippen molar-refractivity contribution in [2.24, 2.45) is 0 Å². The predicted octanol–water partition coefficient (Wildman–Crippen LogP) is 1.39. The van der Waals surface area contributed by atoms with Gasteiger partial charge in [-0.05, 0) is 61.6 Å². The number of thioether (sulfide) groups is 1. The number of amides is 2. The first-order valence-corrected chi connectivity index (χ1v) is 12.1. The van der Waals surface area contributed by atoms with Crippen LogP contribution in [0, 0.1) is 0 Å². The normalized spacial score (nSPS) is 17.2. The Morgan fingerprint density at radius 2 is 1.88 bits per heavy atom. The van der Waals surface area contributed by atoms with Gasteiger partial charge in [0.2, 0.25) is 16.9 Å². The number of hydrogen-bond acceptors (Lipinski definition) is 8. The summed E-state index contributed by atoms with van der Waals surface area (Å²) >= 11 is 1.20. The van der Waals surface area contributed by atoms with Gasteiger partial charge in [-0.3, -0.25) is 19.4 Å². The molecular weight excluding hydrogens is 458 g/mol. The van der Waals surface area contributed by atoms with Crippen molar-refractivity contribution < 1.29 is 29.7 Å². The second-order valence-corrected chi connectivity index (χ2v) is 9.34. The van der Waals surface area contributed by atoms with Crippen molar-refractivity contribution in [1.29, 1.82) is 0 Å². The van der Waals surface area contributed by atoms with Crippen LogP contribution in [-0.2, 0) is 27.2 Å². The van der Waals surface area contributed by atoms with Crippen molar-refractivity contribution in [2.75, 3.05) is 12.3 Å². The van der Waals surface area contributed by atoms with Gasteiger partial charge in [0.15, 0.2) is 11.5 Å². The molecule has 1 fully saturated rings. The number of likely N-dealkylation sites (tertiary alicyclic amines) is 1. The van der Waals surface area contributed by atoms with E-state index in [0.29, 0.717) is 30.7 Å². The molecule has 1 aromatic carbocycles. The number of hydrogen-bond donors (Lipinski definition) is 4. The van der Waals surface area contributed by atoms with Crippen LogP contribution in [0.4, 0.5) is 0 Å². The average Bonchev–Trinajstić information content (AvgIpc) is 3.31. The van der Waals surface area contributed by atoms with E-state index in [1.807, 2.05) is 12.1 Å². The van der Waals surface area contributed by atoms with Crippen molar-refractivity contribution in [3.63, 3.8) is 0 Å². The van der Waals surface area contributed by atoms with E-state index in [2.05, 4.69) is 10.3 Å². The molecule has 0 bridgehead atoms. The van der Waals surface area contributed by atoms with Crippen LogP contribution in [0.1, 0.15) is 30.9 Å². The molecule has 2 heterocycles. The zero-order valence-electron chi connectivity index (χ0n) is 18.9. The Labute approximate surface area is 202 Å². The van der Waals surface area contributed by atoms with Gasteiger partial charge >= 0.3 is 0 Å². The Balaban J connectivity index is 1.50. The lowest BCUT2D eigenvalue weighted by atomic mass is 10.1. The van der Waals surface area contributed by atoms with Crippen LogP contribution in [0.5, 0.6) is 11.5 Å². The van der Waals surface area contributed by atoms with Crippen LogP contribution in [0.3, 0.4) is 0 Å². The van der Waals surface area contributed by atoms with Crippen molar-refractivity contribution in [3.8, 4) is 11.5 Å². The summed E-state index contributed by atoms with van der Waals surface area (Å²) in [7, 11) is 0. The summed E-state index contributed by atoms with van der Waals surface area (Å²) in [6.07, 6.45) is 3.89. The summed E-state index contributed by atoms with van der Waals surface area (Å²) in [6, 6.07) is 6.37. The minimum Gasteiger partial charge on any atom is -0.504 e. The van der Waals surface area contributed by atoms with Gasteiger partial charge in [0.25, 0.3) is 0 Å². The van der Waals surface area contributed by atoms with Gasteiger partial charge in [-0.2, -0.15) is 0 Å². The van der Waals surface area contributed by atoms with Crippen LogP contribution in [0.25, 0.3) is 0 Å². The third-order valence-electron chi connectivity index (χ3n) is 5.69. The molecule has 0 radical (unpaired) electrons. The lowest BCUT2D eigenvalue weighted by Crippen LogP contribution is -2.52. The van der Waals surface area contributed by atoms with Gasteiger partial charge < -0.3 is 25.5 Å². The maximum Gasteiger partial charge on any atom is 0.249 e. The standard InChI is InChI=1S/C24H29N3O6S/c1-15(26-22(31)21(30)14-17-4-5-19(28)20(29)13-17)23(32)27-11-2-3-18(27)24(33)34-12-8-16-6-9-25-10-7-16/h4-7,9-10,13,15,18,21,28-30H,2-3,8,11-12,14H2,1H3,(H,26,31). The average molecular weight is 488 g/mol. The molecule has 1 aliphatic rings. The van der Waals surface area contributed by atoms with Gasteiger partial charge in [0.1, 0.15) is 18.2 Å². The topological polar surface area (TPSA) is 140 Å². The fraction of sp³-hybridized carbons (Fsp3) is 0.417. The van der Waals surface area contributed by atoms with Crippen LogP contribution in [-0.4, -0.2) is 72.6 Å². The van der Waals surface area contributed by atoms with Gasteiger partial charge in [-0.25, -0.2) is 0 Å². The number of benzene rings is 1. The number of phenols is 2. The van der Waals surface area contributed by atoms with E-state index in [-0.39, 0.29) is 28.9 Å². The molecule has 34 heavy (non-hydrogen) atoms. The molecule has 2 amide bonds. The summed E-state index contributed by atoms with van der Waals surface area (Å²) < 4.78 is 0. The lowest BCUT2D eigenvalue weighted by Gasteiger charge is -2.27. The number of pyridine rings is 1. The van der Waals surface area contributed by atoms with Crippen LogP contribution in [0.15, 0.2) is 42.7 Å². The van der Waals surface area contributed by atoms with E-state index in [1.165, 1.54) is 41.8 Å². The highest BCUT2D eigenvalue weighted by Crippen LogP contribution is 2.26. The third-order valence-corrected chi connectivity index (χ3v) is 6.66. The van der Waals surface area contributed by atoms with Crippen LogP contribution in [0.2, 0.25) is 0 Å². The molecule has 3 unspecified atom stereocenters. The van der Waals surface area contributed by atoms with Crippen LogP contribution >= 0.6 is 11.8 Å². The number of carbonyl (C=O) groups excluding carboxylic acids is 3. The second kappa shape index (κ2) is 11.8. The highest BCUT2D eigenvalue weighted by molar-refractivity contribution is 8.13. The fourth-order valence-corrected chi connectivity index (χ4v) is 4.80. The van der Waals surface area contributed by atoms with E-state index >= 15 is 0 Å². The molecule has 0 saturated carbocycles. The third kappa shape index (κ3) is 6.71. The van der Waals surface area contributed by atoms with Gasteiger partial charge in [-0.15, -0.1) is 0 Å². The van der Waals surface area contributed by atoms with Crippen molar-refractivity contribution in [2.45, 2.75) is 50.8 Å². The number of phenolic OH excluding ortho intramolecular Hbond substituents is 2. The number of aryl methyl sites for hydroxylation is 1. The minimum atomic E-state index is -1.45. The first kappa shape index (κ1) is 25.5. The van der Waals surface area contributed by atoms with Crippen molar-refractivity contribution in [1.82, 2.24) is 15.2 Å². The molecule has 1 aromatic heterocycles. The summed E-state index contributed by atoms with van der Waals surface area (Å²) in [4.78, 5) is 43.6. The molecular formula is C24H29N3O6S. The Bertz CT molecular complexity index is 1020. The Hall–Kier alpha value is -3.11. The molecule has 9 nitrogen and oxygen atoms in total. The minimum absolute atomic E-state index is 0.0643. The second-order valence-electron chi connectivity index (χ2n) is 8.24. The van der Waals surface area contributed by atoms with E-state index in [1.54, 1.807) is 12.4 Å². The molecule has 2 aromatic rings. The molecule has 10 heteroatoms. The SMILES string of the molecule is CC(NC(=O)C(O)Cc1ccc(O)c(O)c1)C(=O)N1CCCC1C(=O)SCCc1ccncc1. The Morgan fingerprint density at radius 3 is 2.59 bits per heavy atom. The lowest BCUT2D eigenvalue weighted by molar-refractivity contribution is -0.140. The van der Waals surface area contributed by atoms with Gasteiger partial charge in [0.05, 0.1) is 0 Å². The number of aromatic nitrogens is 1. The molecule has 3 rings (SSSR count). The highest BCUT2D eigenvalue weighted by Gasteiger charge is 2.36. The number of rotatable bonds is 9. The number of carbonyl (C=O) groups is 3. The van der Waals surface area contributed by atoms with Gasteiger partial charge in [-0.1, -0.05) is 17.8 Å². The summed E-state index contributed by atoms with van der Waals surface area (Å²) in [5.74, 6) is -1.15. The Kier molecular flexibility index (Phi) is 8.89. The zero-order valence-corrected chi connectivity index (χ0v) is 19.7. The summed E-state index contributed by atoms with van der Waals surface area (Å²) in [6.45, 7) is 1.96. The molecule has 4 N–H and O–H groups in total. The first-order chi connectivity index (χ1) is 16.3. The quantitative estimate of drug-likeness (QED) is 0.389. The van der Waals surface area contributed by atoms with Crippen molar-refractivity contribution in [3.05, 3.63) is 53.9 Å². The molecule has 1 saturated heterocycles. The van der Waals surface area contributed by atoms with E-state index in [0.717, 1.165) is 12.0 Å².